The van der Waals surface area contributed by atoms with Gasteiger partial charge in [0.1, 0.15) is 5.76 Å². The number of rotatable bonds is 5. The average molecular weight is 391 g/mol. The highest BCUT2D eigenvalue weighted by Crippen LogP contribution is 2.27. The van der Waals surface area contributed by atoms with Crippen molar-refractivity contribution < 1.29 is 18.7 Å². The Balaban J connectivity index is 1.70. The summed E-state index contributed by atoms with van der Waals surface area (Å²) in [5.41, 5.74) is 1.27. The van der Waals surface area contributed by atoms with Gasteiger partial charge >= 0.3 is 5.97 Å². The Morgan fingerprint density at radius 1 is 1.31 bits per heavy atom. The van der Waals surface area contributed by atoms with Crippen LogP contribution in [0.5, 0.6) is 0 Å². The molecule has 0 aliphatic carbocycles. The van der Waals surface area contributed by atoms with Crippen LogP contribution in [0.25, 0.3) is 10.8 Å². The average Bonchev–Trinajstić information content (AvgIpc) is 3.25. The number of thiazole rings is 1. The second-order valence-electron chi connectivity index (χ2n) is 5.47. The van der Waals surface area contributed by atoms with Crippen molar-refractivity contribution in [3.8, 4) is 10.8 Å². The first-order chi connectivity index (χ1) is 12.5. The number of furan rings is 1. The molecule has 0 atom stereocenters. The minimum atomic E-state index is -0.505. The standard InChI is InChI=1S/C18H15ClN2O4S/c1-10-3-6-15(25-10)17-20-12(9-26-17)8-16(22)21-14-7-11(18(23)24-2)4-5-13(14)19/h3-7,9H,8H2,1-2H3,(H,21,22). The van der Waals surface area contributed by atoms with Crippen molar-refractivity contribution in [3.05, 3.63) is 57.8 Å². The highest BCUT2D eigenvalue weighted by atomic mass is 35.5. The summed E-state index contributed by atoms with van der Waals surface area (Å²) in [6.07, 6.45) is 0.0783. The van der Waals surface area contributed by atoms with Crippen molar-refractivity contribution in [3.63, 3.8) is 0 Å². The van der Waals surface area contributed by atoms with Crippen molar-refractivity contribution in [1.29, 1.82) is 0 Å². The van der Waals surface area contributed by atoms with Crippen LogP contribution in [0.4, 0.5) is 5.69 Å². The molecule has 0 unspecified atom stereocenters. The van der Waals surface area contributed by atoms with Crippen LogP contribution in [0.3, 0.4) is 0 Å². The van der Waals surface area contributed by atoms with Crippen molar-refractivity contribution >= 4 is 40.5 Å². The molecule has 0 bridgehead atoms. The Morgan fingerprint density at radius 3 is 2.81 bits per heavy atom. The molecule has 0 saturated carbocycles. The molecule has 0 fully saturated rings. The number of hydrogen-bond acceptors (Lipinski definition) is 6. The van der Waals surface area contributed by atoms with Crippen molar-refractivity contribution in [2.75, 3.05) is 12.4 Å². The van der Waals surface area contributed by atoms with Crippen molar-refractivity contribution in [2.24, 2.45) is 0 Å². The number of anilines is 1. The van der Waals surface area contributed by atoms with Gasteiger partial charge in [0.25, 0.3) is 0 Å². The number of esters is 1. The Hall–Kier alpha value is -2.64. The predicted molar refractivity (Wildman–Crippen MR) is 99.7 cm³/mol. The van der Waals surface area contributed by atoms with Gasteiger partial charge in [0.2, 0.25) is 5.91 Å². The van der Waals surface area contributed by atoms with Crippen LogP contribution in [0, 0.1) is 6.92 Å². The molecule has 0 aliphatic heterocycles. The molecule has 0 spiro atoms. The Labute approximate surface area is 158 Å². The zero-order valence-corrected chi connectivity index (χ0v) is 15.6. The largest absolute Gasteiger partial charge is 0.465 e. The van der Waals surface area contributed by atoms with Crippen LogP contribution >= 0.6 is 22.9 Å². The molecule has 6 nitrogen and oxygen atoms in total. The van der Waals surface area contributed by atoms with Gasteiger partial charge in [-0.15, -0.1) is 11.3 Å². The summed E-state index contributed by atoms with van der Waals surface area (Å²) in [6.45, 7) is 1.86. The summed E-state index contributed by atoms with van der Waals surface area (Å²) >= 11 is 7.49. The fraction of sp³-hybridized carbons (Fsp3) is 0.167. The lowest BCUT2D eigenvalue weighted by atomic mass is 10.2. The second kappa shape index (κ2) is 7.72. The van der Waals surface area contributed by atoms with E-state index in [-0.39, 0.29) is 12.3 Å². The maximum absolute atomic E-state index is 12.3. The van der Waals surface area contributed by atoms with E-state index in [0.717, 1.165) is 5.76 Å². The number of methoxy groups -OCH3 is 1. The van der Waals surface area contributed by atoms with Gasteiger partial charge < -0.3 is 14.5 Å². The number of carbonyl (C=O) groups excluding carboxylic acids is 2. The zero-order valence-electron chi connectivity index (χ0n) is 14.0. The van der Waals surface area contributed by atoms with Crippen LogP contribution in [-0.2, 0) is 16.0 Å². The molecule has 3 rings (SSSR count). The number of nitrogens with zero attached hydrogens (tertiary/aromatic N) is 1. The quantitative estimate of drug-likeness (QED) is 0.655. The molecule has 0 saturated heterocycles. The number of nitrogens with one attached hydrogen (secondary N) is 1. The molecule has 0 radical (unpaired) electrons. The van der Waals surface area contributed by atoms with E-state index in [1.165, 1.54) is 36.6 Å². The van der Waals surface area contributed by atoms with Crippen molar-refractivity contribution in [1.82, 2.24) is 4.98 Å². The van der Waals surface area contributed by atoms with E-state index in [0.29, 0.717) is 32.7 Å². The van der Waals surface area contributed by atoms with Gasteiger partial charge in [0.05, 0.1) is 35.5 Å². The number of amides is 1. The summed E-state index contributed by atoms with van der Waals surface area (Å²) in [5.74, 6) is 0.680. The van der Waals surface area contributed by atoms with Crippen molar-refractivity contribution in [2.45, 2.75) is 13.3 Å². The number of aryl methyl sites for hydroxylation is 1. The minimum Gasteiger partial charge on any atom is -0.465 e. The fourth-order valence-electron chi connectivity index (χ4n) is 2.28. The van der Waals surface area contributed by atoms with Gasteiger partial charge in [0, 0.05) is 5.38 Å². The highest BCUT2D eigenvalue weighted by Gasteiger charge is 2.14. The predicted octanol–water partition coefficient (Wildman–Crippen LogP) is 4.33. The van der Waals surface area contributed by atoms with E-state index in [2.05, 4.69) is 15.0 Å². The summed E-state index contributed by atoms with van der Waals surface area (Å²) < 4.78 is 10.2. The van der Waals surface area contributed by atoms with E-state index in [1.807, 2.05) is 19.1 Å². The molecule has 3 aromatic rings. The van der Waals surface area contributed by atoms with E-state index in [1.54, 1.807) is 5.38 Å². The third-order valence-corrected chi connectivity index (χ3v) is 4.74. The molecule has 2 heterocycles. The molecular formula is C18H15ClN2O4S. The summed E-state index contributed by atoms with van der Waals surface area (Å²) in [5, 5.41) is 5.54. The third kappa shape index (κ3) is 4.12. The fourth-order valence-corrected chi connectivity index (χ4v) is 3.22. The summed E-state index contributed by atoms with van der Waals surface area (Å²) in [6, 6.07) is 8.24. The number of halogens is 1. The van der Waals surface area contributed by atoms with Gasteiger partial charge in [-0.25, -0.2) is 9.78 Å². The van der Waals surface area contributed by atoms with Gasteiger partial charge in [-0.05, 0) is 37.3 Å². The van der Waals surface area contributed by atoms with Gasteiger partial charge in [-0.1, -0.05) is 11.6 Å². The lowest BCUT2D eigenvalue weighted by Gasteiger charge is -2.08. The van der Waals surface area contributed by atoms with E-state index in [9.17, 15) is 9.59 Å². The lowest BCUT2D eigenvalue weighted by Crippen LogP contribution is -2.15. The van der Waals surface area contributed by atoms with Crippen LogP contribution in [-0.4, -0.2) is 24.0 Å². The maximum atomic E-state index is 12.3. The number of ether oxygens (including phenoxy) is 1. The normalized spacial score (nSPS) is 10.6. The maximum Gasteiger partial charge on any atom is 0.337 e. The van der Waals surface area contributed by atoms with Gasteiger partial charge in [-0.2, -0.15) is 0 Å². The van der Waals surface area contributed by atoms with Gasteiger partial charge in [-0.3, -0.25) is 4.79 Å². The molecule has 26 heavy (non-hydrogen) atoms. The van der Waals surface area contributed by atoms with E-state index in [4.69, 9.17) is 16.0 Å². The molecule has 1 N–H and O–H groups in total. The second-order valence-corrected chi connectivity index (χ2v) is 6.73. The molecule has 1 aromatic carbocycles. The Morgan fingerprint density at radius 2 is 2.12 bits per heavy atom. The summed E-state index contributed by atoms with van der Waals surface area (Å²) in [4.78, 5) is 28.3. The molecule has 134 valence electrons. The first-order valence-corrected chi connectivity index (χ1v) is 8.91. The first-order valence-electron chi connectivity index (χ1n) is 7.65. The number of benzene rings is 1. The van der Waals surface area contributed by atoms with Gasteiger partial charge in [0.15, 0.2) is 10.8 Å². The number of hydrogen-bond donors (Lipinski definition) is 1. The lowest BCUT2D eigenvalue weighted by molar-refractivity contribution is -0.115. The molecule has 2 aromatic heterocycles. The monoisotopic (exact) mass is 390 g/mol. The molecular weight excluding hydrogens is 376 g/mol. The van der Waals surface area contributed by atoms with E-state index < -0.39 is 5.97 Å². The Bertz CT molecular complexity index is 964. The van der Waals surface area contributed by atoms with Crippen LogP contribution in [0.1, 0.15) is 21.8 Å². The first kappa shape index (κ1) is 18.2. The molecule has 8 heteroatoms. The smallest absolute Gasteiger partial charge is 0.337 e. The topological polar surface area (TPSA) is 81.4 Å². The Kier molecular flexibility index (Phi) is 5.39. The SMILES string of the molecule is COC(=O)c1ccc(Cl)c(NC(=O)Cc2csc(-c3ccc(C)o3)n2)c1. The van der Waals surface area contributed by atoms with Crippen LogP contribution in [0.2, 0.25) is 5.02 Å². The zero-order chi connectivity index (χ0) is 18.7. The summed E-state index contributed by atoms with van der Waals surface area (Å²) in [7, 11) is 1.29. The van der Waals surface area contributed by atoms with Crippen LogP contribution < -0.4 is 5.32 Å². The third-order valence-electron chi connectivity index (χ3n) is 3.51. The molecule has 1 amide bonds. The number of aromatic nitrogens is 1. The van der Waals surface area contributed by atoms with E-state index >= 15 is 0 Å². The molecule has 0 aliphatic rings. The number of carbonyl (C=O) groups is 2. The minimum absolute atomic E-state index is 0.0783. The van der Waals surface area contributed by atoms with Crippen LogP contribution in [0.15, 0.2) is 40.1 Å². The highest BCUT2D eigenvalue weighted by molar-refractivity contribution is 7.13.